The van der Waals surface area contributed by atoms with Gasteiger partial charge in [-0.15, -0.1) is 10.2 Å². The number of halogens is 1. The molecule has 6 rings (SSSR count). The Labute approximate surface area is 279 Å². The number of benzene rings is 3. The number of fused-ring (bicyclic) bond motifs is 1. The van der Waals surface area contributed by atoms with E-state index in [2.05, 4.69) is 17.1 Å². The predicted octanol–water partition coefficient (Wildman–Crippen LogP) is 8.47. The lowest BCUT2D eigenvalue weighted by atomic mass is 9.95. The molecule has 2 aromatic heterocycles. The highest BCUT2D eigenvalue weighted by atomic mass is 32.2. The molecule has 0 saturated heterocycles. The molecule has 1 amide bonds. The summed E-state index contributed by atoms with van der Waals surface area (Å²) in [5, 5.41) is 20.5. The third-order valence-corrected chi connectivity index (χ3v) is 9.88. The lowest BCUT2D eigenvalue weighted by molar-refractivity contribution is -0.117. The van der Waals surface area contributed by atoms with Gasteiger partial charge >= 0.3 is 0 Å². The number of anilines is 1. The number of aliphatic hydroxyl groups is 1. The number of carbonyl (C=O) groups is 2. The first-order chi connectivity index (χ1) is 22.9. The van der Waals surface area contributed by atoms with Crippen LogP contribution in [0.1, 0.15) is 60.3 Å². The van der Waals surface area contributed by atoms with Gasteiger partial charge in [0.15, 0.2) is 27.2 Å². The van der Waals surface area contributed by atoms with E-state index in [4.69, 9.17) is 13.9 Å². The molecule has 12 heteroatoms. The van der Waals surface area contributed by atoms with Gasteiger partial charge < -0.3 is 19.0 Å². The van der Waals surface area contributed by atoms with Crippen LogP contribution in [0.25, 0.3) is 11.0 Å². The van der Waals surface area contributed by atoms with Crippen LogP contribution in [-0.2, 0) is 10.5 Å². The minimum atomic E-state index is -1.04. The van der Waals surface area contributed by atoms with E-state index in [1.54, 1.807) is 66.7 Å². The Kier molecular flexibility index (Phi) is 9.88. The van der Waals surface area contributed by atoms with Gasteiger partial charge in [0, 0.05) is 11.1 Å². The molecule has 0 bridgehead atoms. The van der Waals surface area contributed by atoms with E-state index in [0.29, 0.717) is 50.3 Å². The predicted molar refractivity (Wildman–Crippen MR) is 179 cm³/mol. The number of nitrogens with zero attached hydrogens (tertiary/aromatic N) is 3. The van der Waals surface area contributed by atoms with Crippen molar-refractivity contribution in [2.75, 3.05) is 18.6 Å². The minimum absolute atomic E-state index is 0.0591. The second-order valence-corrected chi connectivity index (χ2v) is 13.0. The number of ether oxygens (including phenoxy) is 2. The lowest BCUT2D eigenvalue weighted by Crippen LogP contribution is -2.31. The molecule has 0 saturated carbocycles. The second-order valence-electron chi connectivity index (χ2n) is 10.9. The average Bonchev–Trinajstić information content (AvgIpc) is 3.80. The van der Waals surface area contributed by atoms with Gasteiger partial charge in [0.1, 0.15) is 11.6 Å². The Morgan fingerprint density at radius 2 is 1.87 bits per heavy atom. The molecular formula is C35H32FN3O6S2. The van der Waals surface area contributed by atoms with Crippen LogP contribution < -0.4 is 14.4 Å². The Morgan fingerprint density at radius 1 is 1.06 bits per heavy atom. The van der Waals surface area contributed by atoms with E-state index < -0.39 is 23.5 Å². The lowest BCUT2D eigenvalue weighted by Gasteiger charge is -2.24. The summed E-state index contributed by atoms with van der Waals surface area (Å²) in [6, 6.07) is 19.3. The second kappa shape index (κ2) is 14.4. The molecular weight excluding hydrogens is 642 g/mol. The maximum absolute atomic E-state index is 14.2. The fourth-order valence-electron chi connectivity index (χ4n) is 5.37. The molecule has 3 heterocycles. The summed E-state index contributed by atoms with van der Waals surface area (Å²) in [6.07, 6.45) is 4.30. The van der Waals surface area contributed by atoms with Gasteiger partial charge in [0.25, 0.3) is 5.91 Å². The third-order valence-electron chi connectivity index (χ3n) is 7.78. The van der Waals surface area contributed by atoms with E-state index in [-0.39, 0.29) is 22.3 Å². The number of hydrogen-bond acceptors (Lipinski definition) is 10. The Hall–Kier alpha value is -4.68. The number of unbranched alkanes of at least 4 members (excludes halogenated alkanes) is 3. The van der Waals surface area contributed by atoms with Gasteiger partial charge in [-0.2, -0.15) is 0 Å². The molecule has 0 aliphatic carbocycles. The van der Waals surface area contributed by atoms with Gasteiger partial charge in [0.2, 0.25) is 10.9 Å². The molecule has 242 valence electrons. The number of rotatable bonds is 14. The maximum Gasteiger partial charge on any atom is 0.296 e. The van der Waals surface area contributed by atoms with Crippen molar-refractivity contribution in [3.63, 3.8) is 0 Å². The quantitative estimate of drug-likeness (QED) is 0.0536. The maximum atomic E-state index is 14.2. The van der Waals surface area contributed by atoms with Crippen molar-refractivity contribution in [1.29, 1.82) is 0 Å². The standard InChI is InChI=1S/C35H32FN3O6S2/c1-3-4-5-8-18-44-24-16-14-21(15-17-24)29-28(30(40)27-19-22-11-9-13-26(43-2)32(22)45-27)31(41)33(42)39(29)34-37-38-35(47-34)46-20-23-10-6-7-12-25(23)36/h6-7,9-17,19,29,41H,3-5,8,18,20H2,1-2H3. The van der Waals surface area contributed by atoms with Crippen LogP contribution in [0.5, 0.6) is 11.5 Å². The molecule has 0 radical (unpaired) electrons. The highest BCUT2D eigenvalue weighted by molar-refractivity contribution is 8.00. The van der Waals surface area contributed by atoms with Crippen molar-refractivity contribution >= 4 is 50.9 Å². The molecule has 0 spiro atoms. The first kappa shape index (κ1) is 32.3. The molecule has 1 atom stereocenters. The van der Waals surface area contributed by atoms with Crippen molar-refractivity contribution in [2.45, 2.75) is 48.7 Å². The molecule has 1 aliphatic heterocycles. The fraction of sp³-hybridized carbons (Fsp3) is 0.257. The number of aliphatic hydroxyl groups excluding tert-OH is 1. The summed E-state index contributed by atoms with van der Waals surface area (Å²) in [5.74, 6) is -1.15. The molecule has 1 N–H and O–H groups in total. The molecule has 1 aliphatic rings. The summed E-state index contributed by atoms with van der Waals surface area (Å²) < 4.78 is 31.9. The number of furan rings is 1. The molecule has 5 aromatic rings. The third kappa shape index (κ3) is 6.75. The summed E-state index contributed by atoms with van der Waals surface area (Å²) in [4.78, 5) is 29.1. The topological polar surface area (TPSA) is 115 Å². The number of amides is 1. The zero-order chi connectivity index (χ0) is 32.9. The van der Waals surface area contributed by atoms with Gasteiger partial charge in [0.05, 0.1) is 25.3 Å². The first-order valence-corrected chi connectivity index (χ1v) is 17.0. The van der Waals surface area contributed by atoms with Crippen LogP contribution in [0.2, 0.25) is 0 Å². The van der Waals surface area contributed by atoms with Gasteiger partial charge in [-0.25, -0.2) is 4.39 Å². The number of aromatic nitrogens is 2. The van der Waals surface area contributed by atoms with Crippen LogP contribution in [0.3, 0.4) is 0 Å². The first-order valence-electron chi connectivity index (χ1n) is 15.2. The number of thioether (sulfide) groups is 1. The monoisotopic (exact) mass is 673 g/mol. The highest BCUT2D eigenvalue weighted by Crippen LogP contribution is 2.45. The van der Waals surface area contributed by atoms with Gasteiger partial charge in [-0.3, -0.25) is 14.5 Å². The number of para-hydroxylation sites is 1. The number of Topliss-reactive ketones (excluding diaryl/α,β-unsaturated/α-hetero) is 1. The number of methoxy groups -OCH3 is 1. The van der Waals surface area contributed by atoms with Crippen molar-refractivity contribution in [1.82, 2.24) is 10.2 Å². The Balaban J connectivity index is 1.32. The van der Waals surface area contributed by atoms with Crippen molar-refractivity contribution in [3.05, 3.63) is 107 Å². The molecule has 3 aromatic carbocycles. The number of ketones is 1. The summed E-state index contributed by atoms with van der Waals surface area (Å²) in [7, 11) is 1.50. The molecule has 47 heavy (non-hydrogen) atoms. The van der Waals surface area contributed by atoms with Crippen molar-refractivity contribution in [3.8, 4) is 11.5 Å². The van der Waals surface area contributed by atoms with Crippen LogP contribution in [0.4, 0.5) is 9.52 Å². The number of hydrogen-bond donors (Lipinski definition) is 1. The molecule has 0 fully saturated rings. The van der Waals surface area contributed by atoms with Crippen LogP contribution in [-0.4, -0.2) is 40.7 Å². The minimum Gasteiger partial charge on any atom is -0.503 e. The number of carbonyl (C=O) groups excluding carboxylic acids is 2. The van der Waals surface area contributed by atoms with Crippen LogP contribution in [0, 0.1) is 5.82 Å². The summed E-state index contributed by atoms with van der Waals surface area (Å²) >= 11 is 2.38. The zero-order valence-electron chi connectivity index (χ0n) is 25.8. The van der Waals surface area contributed by atoms with E-state index in [0.717, 1.165) is 37.0 Å². The Morgan fingerprint density at radius 3 is 2.64 bits per heavy atom. The molecule has 9 nitrogen and oxygen atoms in total. The summed E-state index contributed by atoms with van der Waals surface area (Å²) in [5.41, 5.74) is 1.27. The fourth-order valence-corrected chi connectivity index (χ4v) is 7.22. The van der Waals surface area contributed by atoms with Crippen LogP contribution >= 0.6 is 23.1 Å². The van der Waals surface area contributed by atoms with Gasteiger partial charge in [-0.1, -0.05) is 91.7 Å². The van der Waals surface area contributed by atoms with E-state index in [1.807, 2.05) is 0 Å². The largest absolute Gasteiger partial charge is 0.503 e. The van der Waals surface area contributed by atoms with Crippen molar-refractivity contribution in [2.24, 2.45) is 0 Å². The van der Waals surface area contributed by atoms with Gasteiger partial charge in [-0.05, 0) is 47.9 Å². The zero-order valence-corrected chi connectivity index (χ0v) is 27.4. The SMILES string of the molecule is CCCCCCOc1ccc(C2C(C(=O)c3cc4cccc(OC)c4o3)=C(O)C(=O)N2c2nnc(SCc3ccccc3F)s2)cc1. The van der Waals surface area contributed by atoms with Crippen LogP contribution in [0.15, 0.2) is 92.9 Å². The Bertz CT molecular complexity index is 1940. The summed E-state index contributed by atoms with van der Waals surface area (Å²) in [6.45, 7) is 2.73. The normalized spacial score (nSPS) is 14.7. The van der Waals surface area contributed by atoms with E-state index in [9.17, 15) is 19.1 Å². The van der Waals surface area contributed by atoms with E-state index in [1.165, 1.54) is 29.8 Å². The highest BCUT2D eigenvalue weighted by Gasteiger charge is 2.47. The van der Waals surface area contributed by atoms with E-state index >= 15 is 0 Å². The molecule has 1 unspecified atom stereocenters. The average molecular weight is 674 g/mol. The smallest absolute Gasteiger partial charge is 0.296 e. The van der Waals surface area contributed by atoms with Crippen molar-refractivity contribution < 1.29 is 33.0 Å².